The second-order valence-electron chi connectivity index (χ2n) is 4.76. The average molecular weight is 273 g/mol. The van der Waals surface area contributed by atoms with Crippen LogP contribution in [0.15, 0.2) is 30.5 Å². The monoisotopic (exact) mass is 273 g/mol. The number of anilines is 1. The molecular weight excluding hydrogens is 254 g/mol. The first-order valence-corrected chi connectivity index (χ1v) is 6.76. The van der Waals surface area contributed by atoms with Gasteiger partial charge in [-0.1, -0.05) is 18.2 Å². The van der Waals surface area contributed by atoms with Crippen molar-refractivity contribution in [3.63, 3.8) is 0 Å². The lowest BCUT2D eigenvalue weighted by molar-refractivity contribution is -0.141. The van der Waals surface area contributed by atoms with E-state index >= 15 is 0 Å². The molecule has 0 radical (unpaired) electrons. The molecule has 1 heterocycles. The molecule has 1 aromatic heterocycles. The Bertz CT molecular complexity index is 598. The van der Waals surface area contributed by atoms with Crippen molar-refractivity contribution in [2.24, 2.45) is 0 Å². The highest BCUT2D eigenvalue weighted by molar-refractivity contribution is 5.79. The number of hydrogen-bond donors (Lipinski definition) is 0. The highest BCUT2D eigenvalue weighted by Crippen LogP contribution is 2.16. The molecule has 0 saturated carbocycles. The van der Waals surface area contributed by atoms with Crippen molar-refractivity contribution < 1.29 is 9.53 Å². The van der Waals surface area contributed by atoms with Gasteiger partial charge in [-0.05, 0) is 26.8 Å². The largest absolute Gasteiger partial charge is 0.465 e. The van der Waals surface area contributed by atoms with E-state index in [1.54, 1.807) is 13.1 Å². The van der Waals surface area contributed by atoms with Crippen molar-refractivity contribution in [3.8, 4) is 0 Å². The van der Waals surface area contributed by atoms with Gasteiger partial charge in [0.25, 0.3) is 0 Å². The minimum Gasteiger partial charge on any atom is -0.465 e. The third kappa shape index (κ3) is 3.23. The predicted molar refractivity (Wildman–Crippen MR) is 78.7 cm³/mol. The van der Waals surface area contributed by atoms with Crippen LogP contribution in [0.5, 0.6) is 0 Å². The van der Waals surface area contributed by atoms with Gasteiger partial charge in [-0.15, -0.1) is 0 Å². The molecular formula is C15H19N3O2. The fourth-order valence-corrected chi connectivity index (χ4v) is 1.93. The molecule has 0 atom stereocenters. The lowest BCUT2D eigenvalue weighted by atomic mass is 10.2. The highest BCUT2D eigenvalue weighted by Gasteiger charge is 2.18. The molecule has 0 unspecified atom stereocenters. The highest BCUT2D eigenvalue weighted by atomic mass is 16.5. The number of para-hydroxylation sites is 1. The van der Waals surface area contributed by atoms with E-state index in [1.165, 1.54) is 0 Å². The SMILES string of the molecule is CCOC(=O)CN(c1ncc2ccccc2n1)C(C)C. The standard InChI is InChI=1S/C15H19N3O2/c1-4-20-14(19)10-18(11(2)3)15-16-9-12-7-5-6-8-13(12)17-15/h5-9,11H,4,10H2,1-3H3. The normalized spacial score (nSPS) is 10.8. The van der Waals surface area contributed by atoms with Crippen LogP contribution in [0, 0.1) is 0 Å². The Balaban J connectivity index is 2.29. The maximum Gasteiger partial charge on any atom is 0.325 e. The summed E-state index contributed by atoms with van der Waals surface area (Å²) in [6, 6.07) is 7.89. The number of hydrogen-bond acceptors (Lipinski definition) is 5. The van der Waals surface area contributed by atoms with E-state index in [1.807, 2.05) is 43.0 Å². The summed E-state index contributed by atoms with van der Waals surface area (Å²) < 4.78 is 5.00. The maximum atomic E-state index is 11.7. The first kappa shape index (κ1) is 14.2. The quantitative estimate of drug-likeness (QED) is 0.783. The first-order chi connectivity index (χ1) is 9.61. The van der Waals surface area contributed by atoms with Crippen LogP contribution in [0.1, 0.15) is 20.8 Å². The second-order valence-corrected chi connectivity index (χ2v) is 4.76. The summed E-state index contributed by atoms with van der Waals surface area (Å²) in [5.74, 6) is 0.282. The summed E-state index contributed by atoms with van der Waals surface area (Å²) in [6.45, 7) is 6.33. The number of fused-ring (bicyclic) bond motifs is 1. The van der Waals surface area contributed by atoms with Crippen molar-refractivity contribution in [2.45, 2.75) is 26.8 Å². The molecule has 5 nitrogen and oxygen atoms in total. The molecule has 1 aromatic carbocycles. The Labute approximate surface area is 118 Å². The van der Waals surface area contributed by atoms with Crippen molar-refractivity contribution >= 4 is 22.8 Å². The van der Waals surface area contributed by atoms with Gasteiger partial charge < -0.3 is 9.64 Å². The molecule has 0 aliphatic carbocycles. The fourth-order valence-electron chi connectivity index (χ4n) is 1.93. The molecule has 106 valence electrons. The fraction of sp³-hybridized carbons (Fsp3) is 0.400. The number of benzene rings is 1. The van der Waals surface area contributed by atoms with E-state index in [9.17, 15) is 4.79 Å². The zero-order valence-electron chi connectivity index (χ0n) is 12.0. The molecule has 0 N–H and O–H groups in total. The number of ether oxygens (including phenoxy) is 1. The molecule has 0 bridgehead atoms. The Kier molecular flexibility index (Phi) is 4.50. The van der Waals surface area contributed by atoms with E-state index in [0.717, 1.165) is 10.9 Å². The van der Waals surface area contributed by atoms with Gasteiger partial charge in [0.2, 0.25) is 5.95 Å². The Morgan fingerprint density at radius 3 is 2.80 bits per heavy atom. The number of rotatable bonds is 5. The van der Waals surface area contributed by atoms with Crippen LogP contribution < -0.4 is 4.90 Å². The van der Waals surface area contributed by atoms with Crippen molar-refractivity contribution in [1.29, 1.82) is 0 Å². The summed E-state index contributed by atoms with van der Waals surface area (Å²) in [7, 11) is 0. The number of carbonyl (C=O) groups excluding carboxylic acids is 1. The molecule has 0 saturated heterocycles. The second kappa shape index (κ2) is 6.32. The number of esters is 1. The minimum absolute atomic E-state index is 0.112. The van der Waals surface area contributed by atoms with Gasteiger partial charge >= 0.3 is 5.97 Å². The van der Waals surface area contributed by atoms with E-state index in [-0.39, 0.29) is 18.6 Å². The first-order valence-electron chi connectivity index (χ1n) is 6.76. The Morgan fingerprint density at radius 1 is 1.35 bits per heavy atom. The van der Waals surface area contributed by atoms with E-state index < -0.39 is 0 Å². The molecule has 0 spiro atoms. The summed E-state index contributed by atoms with van der Waals surface area (Å²) in [5.41, 5.74) is 0.868. The van der Waals surface area contributed by atoms with Crippen LogP contribution in [0.25, 0.3) is 10.9 Å². The van der Waals surface area contributed by atoms with Crippen LogP contribution in [0.4, 0.5) is 5.95 Å². The average Bonchev–Trinajstić information content (AvgIpc) is 2.44. The van der Waals surface area contributed by atoms with Crippen molar-refractivity contribution in [2.75, 3.05) is 18.1 Å². The molecule has 0 amide bonds. The molecule has 0 fully saturated rings. The van der Waals surface area contributed by atoms with Gasteiger partial charge in [-0.3, -0.25) is 4.79 Å². The van der Waals surface area contributed by atoms with Crippen LogP contribution >= 0.6 is 0 Å². The van der Waals surface area contributed by atoms with Crippen LogP contribution in [-0.2, 0) is 9.53 Å². The molecule has 0 aliphatic heterocycles. The van der Waals surface area contributed by atoms with E-state index in [2.05, 4.69) is 9.97 Å². The molecule has 2 aromatic rings. The number of aromatic nitrogens is 2. The molecule has 2 rings (SSSR count). The third-order valence-electron chi connectivity index (χ3n) is 2.96. The lowest BCUT2D eigenvalue weighted by Gasteiger charge is -2.25. The molecule has 0 aliphatic rings. The Hall–Kier alpha value is -2.17. The van der Waals surface area contributed by atoms with Crippen LogP contribution in [-0.4, -0.2) is 35.1 Å². The minimum atomic E-state index is -0.266. The van der Waals surface area contributed by atoms with Gasteiger partial charge in [0.05, 0.1) is 12.1 Å². The van der Waals surface area contributed by atoms with Crippen LogP contribution in [0.2, 0.25) is 0 Å². The molecule has 20 heavy (non-hydrogen) atoms. The molecule has 5 heteroatoms. The Morgan fingerprint density at radius 2 is 2.10 bits per heavy atom. The van der Waals surface area contributed by atoms with Crippen molar-refractivity contribution in [3.05, 3.63) is 30.5 Å². The van der Waals surface area contributed by atoms with E-state index in [4.69, 9.17) is 4.74 Å². The van der Waals surface area contributed by atoms with Gasteiger partial charge in [-0.25, -0.2) is 9.97 Å². The van der Waals surface area contributed by atoms with Crippen molar-refractivity contribution in [1.82, 2.24) is 9.97 Å². The maximum absolute atomic E-state index is 11.7. The zero-order chi connectivity index (χ0) is 14.5. The predicted octanol–water partition coefficient (Wildman–Crippen LogP) is 2.41. The summed E-state index contributed by atoms with van der Waals surface area (Å²) in [6.07, 6.45) is 1.78. The number of nitrogens with zero attached hydrogens (tertiary/aromatic N) is 3. The smallest absolute Gasteiger partial charge is 0.325 e. The summed E-state index contributed by atoms with van der Waals surface area (Å²) >= 11 is 0. The third-order valence-corrected chi connectivity index (χ3v) is 2.96. The summed E-state index contributed by atoms with van der Waals surface area (Å²) in [4.78, 5) is 22.4. The summed E-state index contributed by atoms with van der Waals surface area (Å²) in [5, 5.41) is 0.982. The number of carbonyl (C=O) groups is 1. The van der Waals surface area contributed by atoms with Gasteiger partial charge in [0.1, 0.15) is 6.54 Å². The van der Waals surface area contributed by atoms with E-state index in [0.29, 0.717) is 12.6 Å². The van der Waals surface area contributed by atoms with Gasteiger partial charge in [-0.2, -0.15) is 0 Å². The zero-order valence-corrected chi connectivity index (χ0v) is 12.0. The van der Waals surface area contributed by atoms with Crippen LogP contribution in [0.3, 0.4) is 0 Å². The van der Waals surface area contributed by atoms with Gasteiger partial charge in [0, 0.05) is 17.6 Å². The lowest BCUT2D eigenvalue weighted by Crippen LogP contribution is -2.37. The topological polar surface area (TPSA) is 55.3 Å². The van der Waals surface area contributed by atoms with Gasteiger partial charge in [0.15, 0.2) is 0 Å².